The van der Waals surface area contributed by atoms with Crippen LogP contribution in [0.2, 0.25) is 10.0 Å². The lowest BCUT2D eigenvalue weighted by molar-refractivity contribution is -0.286. The molecule has 0 unspecified atom stereocenters. The quantitative estimate of drug-likeness (QED) is 0.639. The van der Waals surface area contributed by atoms with Gasteiger partial charge in [0.15, 0.2) is 17.3 Å². The van der Waals surface area contributed by atoms with E-state index < -0.39 is 12.2 Å². The van der Waals surface area contributed by atoms with Gasteiger partial charge in [0, 0.05) is 24.9 Å². The van der Waals surface area contributed by atoms with Gasteiger partial charge in [-0.3, -0.25) is 9.78 Å². The minimum absolute atomic E-state index is 0.127. The summed E-state index contributed by atoms with van der Waals surface area (Å²) in [4.78, 5) is 20.8. The molecule has 1 N–H and O–H groups in total. The standard InChI is InChI=1S/C18H12Cl2F2N4O3/c1-8-7-26(2)16(15(8)20)17(27)25-14-6-23-11(5-24-14)9-3-12-13(4-10(9)19)29-18(21,22)28-12/h3-7H,1-2H3,(H,24,25,27). The van der Waals surface area contributed by atoms with Crippen molar-refractivity contribution in [3.05, 3.63) is 52.0 Å². The van der Waals surface area contributed by atoms with Crippen LogP contribution in [-0.2, 0) is 7.05 Å². The van der Waals surface area contributed by atoms with Crippen molar-refractivity contribution >= 4 is 34.9 Å². The number of halogens is 4. The van der Waals surface area contributed by atoms with E-state index in [0.29, 0.717) is 16.3 Å². The fraction of sp³-hybridized carbons (Fsp3) is 0.167. The van der Waals surface area contributed by atoms with Crippen LogP contribution in [-0.4, -0.2) is 26.7 Å². The number of ether oxygens (including phenoxy) is 2. The summed E-state index contributed by atoms with van der Waals surface area (Å²) >= 11 is 12.3. The first-order valence-corrected chi connectivity index (χ1v) is 8.95. The highest BCUT2D eigenvalue weighted by molar-refractivity contribution is 6.35. The molecule has 1 amide bonds. The maximum atomic E-state index is 13.2. The molecule has 1 aromatic carbocycles. The Balaban J connectivity index is 1.57. The number of hydrogen-bond donors (Lipinski definition) is 1. The smallest absolute Gasteiger partial charge is 0.395 e. The van der Waals surface area contributed by atoms with E-state index in [9.17, 15) is 13.6 Å². The van der Waals surface area contributed by atoms with Gasteiger partial charge in [0.1, 0.15) is 5.69 Å². The molecule has 1 aliphatic rings. The third-order valence-corrected chi connectivity index (χ3v) is 4.96. The Morgan fingerprint density at radius 3 is 2.45 bits per heavy atom. The van der Waals surface area contributed by atoms with E-state index in [1.165, 1.54) is 24.5 Å². The molecule has 0 aliphatic carbocycles. The van der Waals surface area contributed by atoms with Crippen LogP contribution in [0.25, 0.3) is 11.3 Å². The predicted octanol–water partition coefficient (Wildman–Crippen LogP) is 4.67. The Morgan fingerprint density at radius 1 is 1.17 bits per heavy atom. The van der Waals surface area contributed by atoms with Gasteiger partial charge in [-0.1, -0.05) is 23.2 Å². The molecule has 7 nitrogen and oxygen atoms in total. The van der Waals surface area contributed by atoms with Crippen LogP contribution in [0.5, 0.6) is 11.5 Å². The molecular formula is C18H12Cl2F2N4O3. The number of rotatable bonds is 3. The molecule has 3 heterocycles. The van der Waals surface area contributed by atoms with Crippen molar-refractivity contribution in [2.24, 2.45) is 7.05 Å². The molecule has 3 aromatic rings. The fourth-order valence-corrected chi connectivity index (χ4v) is 3.41. The van der Waals surface area contributed by atoms with Gasteiger partial charge >= 0.3 is 6.29 Å². The minimum atomic E-state index is -3.75. The van der Waals surface area contributed by atoms with Crippen molar-refractivity contribution in [1.29, 1.82) is 0 Å². The van der Waals surface area contributed by atoms with Crippen LogP contribution >= 0.6 is 23.2 Å². The Labute approximate surface area is 173 Å². The number of anilines is 1. The van der Waals surface area contributed by atoms with Gasteiger partial charge in [0.2, 0.25) is 0 Å². The number of amides is 1. The largest absolute Gasteiger partial charge is 0.586 e. The van der Waals surface area contributed by atoms with E-state index in [1.54, 1.807) is 24.7 Å². The molecule has 0 saturated heterocycles. The maximum Gasteiger partial charge on any atom is 0.586 e. The SMILES string of the molecule is Cc1cn(C)c(C(=O)Nc2cnc(-c3cc4c(cc3Cl)OC(F)(F)O4)cn2)c1Cl. The van der Waals surface area contributed by atoms with E-state index in [-0.39, 0.29) is 28.0 Å². The molecule has 11 heteroatoms. The highest BCUT2D eigenvalue weighted by Gasteiger charge is 2.43. The Bertz CT molecular complexity index is 1130. The third kappa shape index (κ3) is 3.58. The topological polar surface area (TPSA) is 78.3 Å². The summed E-state index contributed by atoms with van der Waals surface area (Å²) in [5.74, 6) is -0.606. The van der Waals surface area contributed by atoms with Crippen molar-refractivity contribution in [1.82, 2.24) is 14.5 Å². The van der Waals surface area contributed by atoms with Gasteiger partial charge in [0.05, 0.1) is 28.1 Å². The second-order valence-corrected chi connectivity index (χ2v) is 7.06. The lowest BCUT2D eigenvalue weighted by Crippen LogP contribution is -2.25. The monoisotopic (exact) mass is 440 g/mol. The lowest BCUT2D eigenvalue weighted by atomic mass is 10.1. The second-order valence-electron chi connectivity index (χ2n) is 6.27. The summed E-state index contributed by atoms with van der Waals surface area (Å²) in [5.41, 5.74) is 1.67. The Morgan fingerprint density at radius 2 is 1.86 bits per heavy atom. The van der Waals surface area contributed by atoms with Gasteiger partial charge in [-0.05, 0) is 18.6 Å². The molecule has 0 fully saturated rings. The maximum absolute atomic E-state index is 13.2. The number of fused-ring (bicyclic) bond motifs is 1. The van der Waals surface area contributed by atoms with E-state index >= 15 is 0 Å². The molecule has 4 rings (SSSR count). The van der Waals surface area contributed by atoms with Crippen molar-refractivity contribution < 1.29 is 23.0 Å². The number of carbonyl (C=O) groups excluding carboxylic acids is 1. The van der Waals surface area contributed by atoms with Crippen LogP contribution in [0, 0.1) is 6.92 Å². The highest BCUT2D eigenvalue weighted by atomic mass is 35.5. The van der Waals surface area contributed by atoms with Gasteiger partial charge in [-0.2, -0.15) is 0 Å². The summed E-state index contributed by atoms with van der Waals surface area (Å²) in [6.07, 6.45) is 0.638. The van der Waals surface area contributed by atoms with E-state index in [1.807, 2.05) is 0 Å². The minimum Gasteiger partial charge on any atom is -0.395 e. The Hall–Kier alpha value is -2.91. The number of nitrogens with zero attached hydrogens (tertiary/aromatic N) is 3. The molecular weight excluding hydrogens is 429 g/mol. The first kappa shape index (κ1) is 19.4. The van der Waals surface area contributed by atoms with Crippen LogP contribution in [0.4, 0.5) is 14.6 Å². The van der Waals surface area contributed by atoms with Crippen LogP contribution in [0.3, 0.4) is 0 Å². The number of benzene rings is 1. The zero-order valence-corrected chi connectivity index (χ0v) is 16.5. The molecule has 1 aliphatic heterocycles. The number of hydrogen-bond acceptors (Lipinski definition) is 5. The van der Waals surface area contributed by atoms with Gasteiger partial charge in [-0.15, -0.1) is 8.78 Å². The molecule has 0 spiro atoms. The Kier molecular flexibility index (Phi) is 4.59. The molecule has 0 bridgehead atoms. The fourth-order valence-electron chi connectivity index (χ4n) is 2.89. The number of alkyl halides is 2. The molecule has 150 valence electrons. The molecule has 0 atom stereocenters. The number of aryl methyl sites for hydroxylation is 2. The average molecular weight is 441 g/mol. The first-order chi connectivity index (χ1) is 13.6. The zero-order chi connectivity index (χ0) is 20.9. The average Bonchev–Trinajstić information content (AvgIpc) is 3.07. The zero-order valence-electron chi connectivity index (χ0n) is 15.0. The van der Waals surface area contributed by atoms with E-state index in [4.69, 9.17) is 23.2 Å². The lowest BCUT2D eigenvalue weighted by Gasteiger charge is -2.08. The van der Waals surface area contributed by atoms with Crippen LogP contribution in [0.1, 0.15) is 16.1 Å². The number of nitrogens with one attached hydrogen (secondary N) is 1. The summed E-state index contributed by atoms with van der Waals surface area (Å²) < 4.78 is 36.8. The molecule has 29 heavy (non-hydrogen) atoms. The third-order valence-electron chi connectivity index (χ3n) is 4.17. The van der Waals surface area contributed by atoms with Gasteiger partial charge in [-0.25, -0.2) is 4.98 Å². The predicted molar refractivity (Wildman–Crippen MR) is 102 cm³/mol. The van der Waals surface area contributed by atoms with Crippen LogP contribution in [0.15, 0.2) is 30.7 Å². The van der Waals surface area contributed by atoms with E-state index in [2.05, 4.69) is 24.8 Å². The van der Waals surface area contributed by atoms with Gasteiger partial charge < -0.3 is 19.4 Å². The highest BCUT2D eigenvalue weighted by Crippen LogP contribution is 2.45. The summed E-state index contributed by atoms with van der Waals surface area (Å²) in [7, 11) is 1.70. The van der Waals surface area contributed by atoms with Crippen molar-refractivity contribution in [3.8, 4) is 22.8 Å². The summed E-state index contributed by atoms with van der Waals surface area (Å²) in [6, 6.07) is 2.50. The van der Waals surface area contributed by atoms with Crippen molar-refractivity contribution in [2.45, 2.75) is 13.2 Å². The van der Waals surface area contributed by atoms with Crippen molar-refractivity contribution in [2.75, 3.05) is 5.32 Å². The van der Waals surface area contributed by atoms with Crippen molar-refractivity contribution in [3.63, 3.8) is 0 Å². The first-order valence-electron chi connectivity index (χ1n) is 8.19. The second kappa shape index (κ2) is 6.85. The summed E-state index contributed by atoms with van der Waals surface area (Å²) in [5, 5.41) is 3.08. The number of carbonyl (C=O) groups is 1. The molecule has 0 radical (unpaired) electrons. The van der Waals surface area contributed by atoms with E-state index in [0.717, 1.165) is 5.56 Å². The van der Waals surface area contributed by atoms with Crippen LogP contribution < -0.4 is 14.8 Å². The normalized spacial score (nSPS) is 14.1. The summed E-state index contributed by atoms with van der Waals surface area (Å²) in [6.45, 7) is 1.79. The van der Waals surface area contributed by atoms with Gasteiger partial charge in [0.25, 0.3) is 5.91 Å². The molecule has 2 aromatic heterocycles. The molecule has 0 saturated carbocycles. The number of aromatic nitrogens is 3.